The van der Waals surface area contributed by atoms with Crippen LogP contribution in [0.1, 0.15) is 37.8 Å². The van der Waals surface area contributed by atoms with Gasteiger partial charge in [0, 0.05) is 17.5 Å². The molecular weight excluding hydrogens is 262 g/mol. The van der Waals surface area contributed by atoms with E-state index in [2.05, 4.69) is 31.0 Å². The Bertz CT molecular complexity index is 591. The molecule has 0 spiro atoms. The fraction of sp³-hybridized carbons (Fsp3) is 0.500. The maximum atomic E-state index is 12.0. The molecule has 0 fully saturated rings. The molecule has 2 aliphatic rings. The minimum atomic E-state index is 0.0749. The minimum absolute atomic E-state index is 0.0749. The number of fused-ring (bicyclic) bond motifs is 2. The molecule has 0 aromatic heterocycles. The first kappa shape index (κ1) is 14.2. The summed E-state index contributed by atoms with van der Waals surface area (Å²) >= 11 is 0. The van der Waals surface area contributed by atoms with Gasteiger partial charge in [-0.1, -0.05) is 19.1 Å². The molecule has 1 aromatic carbocycles. The second-order valence-electron chi connectivity index (χ2n) is 6.44. The Morgan fingerprint density at radius 1 is 1.29 bits per heavy atom. The molecule has 0 radical (unpaired) electrons. The zero-order chi connectivity index (χ0) is 15.0. The molecule has 0 bridgehead atoms. The van der Waals surface area contributed by atoms with Gasteiger partial charge >= 0.3 is 0 Å². The van der Waals surface area contributed by atoms with E-state index < -0.39 is 0 Å². The Balaban J connectivity index is 1.90. The van der Waals surface area contributed by atoms with Gasteiger partial charge in [0.1, 0.15) is 5.75 Å². The number of ether oxygens (including phenoxy) is 1. The fourth-order valence-electron chi connectivity index (χ4n) is 3.07. The fourth-order valence-corrected chi connectivity index (χ4v) is 3.07. The first-order chi connectivity index (χ1) is 10.0. The Hall–Kier alpha value is -1.77. The highest BCUT2D eigenvalue weighted by atomic mass is 16.5. The van der Waals surface area contributed by atoms with Crippen LogP contribution in [0.15, 0.2) is 24.3 Å². The predicted octanol–water partition coefficient (Wildman–Crippen LogP) is 3.72. The van der Waals surface area contributed by atoms with Crippen molar-refractivity contribution in [3.05, 3.63) is 35.4 Å². The molecule has 0 saturated heterocycles. The van der Waals surface area contributed by atoms with Gasteiger partial charge in [-0.15, -0.1) is 0 Å². The van der Waals surface area contributed by atoms with Crippen LogP contribution in [0.2, 0.25) is 0 Å². The van der Waals surface area contributed by atoms with Crippen molar-refractivity contribution in [3.8, 4) is 5.75 Å². The number of aryl methyl sites for hydroxylation is 2. The van der Waals surface area contributed by atoms with Gasteiger partial charge in [0.2, 0.25) is 5.91 Å². The third-order valence-electron chi connectivity index (χ3n) is 4.74. The lowest BCUT2D eigenvalue weighted by atomic mass is 9.94. The van der Waals surface area contributed by atoms with E-state index in [1.807, 2.05) is 6.92 Å². The first-order valence-electron chi connectivity index (χ1n) is 7.79. The van der Waals surface area contributed by atoms with Crippen LogP contribution in [0, 0.1) is 11.8 Å². The van der Waals surface area contributed by atoms with Gasteiger partial charge < -0.3 is 10.1 Å². The van der Waals surface area contributed by atoms with Gasteiger partial charge in [0.15, 0.2) is 0 Å². The van der Waals surface area contributed by atoms with E-state index in [4.69, 9.17) is 4.74 Å². The molecule has 0 aliphatic carbocycles. The number of nitrogens with one attached hydrogen (secondary N) is 1. The average molecular weight is 285 g/mol. The van der Waals surface area contributed by atoms with Gasteiger partial charge in [-0.2, -0.15) is 0 Å². The summed E-state index contributed by atoms with van der Waals surface area (Å²) in [6.45, 7) is 8.82. The molecule has 21 heavy (non-hydrogen) atoms. The van der Waals surface area contributed by atoms with Gasteiger partial charge in [-0.25, -0.2) is 0 Å². The van der Waals surface area contributed by atoms with Crippen molar-refractivity contribution in [1.82, 2.24) is 0 Å². The van der Waals surface area contributed by atoms with Gasteiger partial charge in [0.05, 0.1) is 6.61 Å². The summed E-state index contributed by atoms with van der Waals surface area (Å²) in [4.78, 5) is 12.0. The Kier molecular flexibility index (Phi) is 3.75. The van der Waals surface area contributed by atoms with E-state index in [0.29, 0.717) is 12.5 Å². The number of hydrogen-bond acceptors (Lipinski definition) is 2. The summed E-state index contributed by atoms with van der Waals surface area (Å²) in [6, 6.07) is 4.24. The van der Waals surface area contributed by atoms with Crippen molar-refractivity contribution in [3.63, 3.8) is 0 Å². The van der Waals surface area contributed by atoms with Crippen molar-refractivity contribution in [2.24, 2.45) is 11.8 Å². The maximum Gasteiger partial charge on any atom is 0.227 e. The summed E-state index contributed by atoms with van der Waals surface area (Å²) in [7, 11) is 0. The monoisotopic (exact) mass is 285 g/mol. The van der Waals surface area contributed by atoms with E-state index >= 15 is 0 Å². The van der Waals surface area contributed by atoms with E-state index in [9.17, 15) is 4.79 Å². The molecule has 2 atom stereocenters. The smallest absolute Gasteiger partial charge is 0.227 e. The van der Waals surface area contributed by atoms with Crippen LogP contribution < -0.4 is 10.1 Å². The van der Waals surface area contributed by atoms with E-state index in [1.165, 1.54) is 16.7 Å². The summed E-state index contributed by atoms with van der Waals surface area (Å²) in [6.07, 6.45) is 3.86. The van der Waals surface area contributed by atoms with Crippen LogP contribution in [-0.4, -0.2) is 12.5 Å². The molecule has 0 saturated carbocycles. The maximum absolute atomic E-state index is 12.0. The van der Waals surface area contributed by atoms with Crippen LogP contribution in [-0.2, 0) is 17.6 Å². The molecule has 1 aromatic rings. The highest BCUT2D eigenvalue weighted by molar-refractivity contribution is 5.94. The number of benzene rings is 1. The van der Waals surface area contributed by atoms with Gasteiger partial charge in [0.25, 0.3) is 0 Å². The number of hydrogen-bond donors (Lipinski definition) is 1. The number of anilines is 1. The van der Waals surface area contributed by atoms with Crippen LogP contribution in [0.3, 0.4) is 0 Å². The van der Waals surface area contributed by atoms with Crippen LogP contribution in [0.25, 0.3) is 0 Å². The van der Waals surface area contributed by atoms with Crippen molar-refractivity contribution < 1.29 is 9.53 Å². The first-order valence-corrected chi connectivity index (χ1v) is 7.79. The van der Waals surface area contributed by atoms with Crippen LogP contribution in [0.5, 0.6) is 5.75 Å². The highest BCUT2D eigenvalue weighted by Crippen LogP contribution is 2.35. The summed E-state index contributed by atoms with van der Waals surface area (Å²) < 4.78 is 6.01. The molecule has 2 unspecified atom stereocenters. The summed E-state index contributed by atoms with van der Waals surface area (Å²) in [5.74, 6) is 1.61. The summed E-state index contributed by atoms with van der Waals surface area (Å²) in [5, 5.41) is 3.06. The molecule has 3 rings (SSSR count). The zero-order valence-electron chi connectivity index (χ0n) is 12.9. The Morgan fingerprint density at radius 2 is 2.05 bits per heavy atom. The number of carbonyl (C=O) groups is 1. The van der Waals surface area contributed by atoms with Gasteiger partial charge in [-0.05, 0) is 55.9 Å². The van der Waals surface area contributed by atoms with E-state index in [0.717, 1.165) is 37.1 Å². The standard InChI is InChI=1S/C18H23NO2/c1-11(2)15-7-6-14-8-16-13(9-17(14)21-10-15)5-4-12(3)18(20)19-16/h8-9,12,15H,1,4-7,10H2,2-3H3,(H,19,20). The molecular formula is C18H23NO2. The molecule has 112 valence electrons. The lowest BCUT2D eigenvalue weighted by Crippen LogP contribution is -2.18. The quantitative estimate of drug-likeness (QED) is 0.799. The Morgan fingerprint density at radius 3 is 2.81 bits per heavy atom. The van der Waals surface area contributed by atoms with Gasteiger partial charge in [-0.3, -0.25) is 4.79 Å². The normalized spacial score (nSPS) is 24.8. The van der Waals surface area contributed by atoms with E-state index in [-0.39, 0.29) is 11.8 Å². The van der Waals surface area contributed by atoms with E-state index in [1.54, 1.807) is 0 Å². The second-order valence-corrected chi connectivity index (χ2v) is 6.44. The highest BCUT2D eigenvalue weighted by Gasteiger charge is 2.23. The Labute approximate surface area is 126 Å². The topological polar surface area (TPSA) is 38.3 Å². The number of carbonyl (C=O) groups excluding carboxylic acids is 1. The molecule has 2 heterocycles. The largest absolute Gasteiger partial charge is 0.493 e. The molecule has 3 heteroatoms. The van der Waals surface area contributed by atoms with Crippen molar-refractivity contribution in [2.45, 2.75) is 39.5 Å². The molecule has 2 aliphatic heterocycles. The SMILES string of the molecule is C=C(C)C1CCc2cc3c(cc2OC1)CCC(C)C(=O)N3. The molecule has 1 amide bonds. The average Bonchev–Trinajstić information content (AvgIpc) is 2.73. The lowest BCUT2D eigenvalue weighted by molar-refractivity contribution is -0.119. The van der Waals surface area contributed by atoms with Crippen molar-refractivity contribution in [1.29, 1.82) is 0 Å². The molecule has 1 N–H and O–H groups in total. The van der Waals surface area contributed by atoms with Crippen LogP contribution >= 0.6 is 0 Å². The predicted molar refractivity (Wildman–Crippen MR) is 84.7 cm³/mol. The third-order valence-corrected chi connectivity index (χ3v) is 4.74. The number of rotatable bonds is 1. The number of amides is 1. The zero-order valence-corrected chi connectivity index (χ0v) is 12.9. The van der Waals surface area contributed by atoms with Crippen molar-refractivity contribution >= 4 is 11.6 Å². The summed E-state index contributed by atoms with van der Waals surface area (Å²) in [5.41, 5.74) is 4.56. The molecule has 3 nitrogen and oxygen atoms in total. The minimum Gasteiger partial charge on any atom is -0.493 e. The lowest BCUT2D eigenvalue weighted by Gasteiger charge is -2.14. The third kappa shape index (κ3) is 2.82. The second kappa shape index (κ2) is 5.55. The van der Waals surface area contributed by atoms with Crippen molar-refractivity contribution in [2.75, 3.05) is 11.9 Å². The van der Waals surface area contributed by atoms with Crippen LogP contribution in [0.4, 0.5) is 5.69 Å².